The van der Waals surface area contributed by atoms with Gasteiger partial charge in [-0.2, -0.15) is 0 Å². The molecule has 0 bridgehead atoms. The number of aromatic nitrogens is 1. The maximum Gasteiger partial charge on any atom is 0.341 e. The van der Waals surface area contributed by atoms with Crippen LogP contribution in [0.2, 0.25) is 10.0 Å². The van der Waals surface area contributed by atoms with Gasteiger partial charge < -0.3 is 4.74 Å². The topological polar surface area (TPSA) is 39.2 Å². The van der Waals surface area contributed by atoms with E-state index in [0.29, 0.717) is 27.7 Å². The molecule has 5 heteroatoms. The quantitative estimate of drug-likeness (QED) is 0.583. The van der Waals surface area contributed by atoms with Crippen molar-refractivity contribution in [1.29, 1.82) is 0 Å². The molecular weight excluding hydrogens is 297 g/mol. The first-order valence-electron chi connectivity index (χ1n) is 6.54. The number of unbranched alkanes of at least 4 members (excludes halogenated alkanes) is 2. The van der Waals surface area contributed by atoms with Gasteiger partial charge in [0.05, 0.1) is 22.2 Å². The smallest absolute Gasteiger partial charge is 0.341 e. The molecule has 0 N–H and O–H groups in total. The Hall–Kier alpha value is -1.32. The van der Waals surface area contributed by atoms with Gasteiger partial charge in [0.1, 0.15) is 5.56 Å². The molecule has 0 spiro atoms. The van der Waals surface area contributed by atoms with E-state index < -0.39 is 5.97 Å². The van der Waals surface area contributed by atoms with Crippen LogP contribution in [-0.2, 0) is 4.74 Å². The fourth-order valence-corrected chi connectivity index (χ4v) is 2.33. The lowest BCUT2D eigenvalue weighted by atomic mass is 10.1. The zero-order chi connectivity index (χ0) is 14.5. The summed E-state index contributed by atoms with van der Waals surface area (Å²) in [5.74, 6) is -0.438. The molecule has 0 saturated carbocycles. The van der Waals surface area contributed by atoms with Crippen molar-refractivity contribution in [1.82, 2.24) is 4.98 Å². The third-order valence-corrected chi connectivity index (χ3v) is 3.48. The zero-order valence-electron chi connectivity index (χ0n) is 11.2. The van der Waals surface area contributed by atoms with Gasteiger partial charge in [0.2, 0.25) is 0 Å². The number of carbonyl (C=O) groups excluding carboxylic acids is 1. The second-order valence-corrected chi connectivity index (χ2v) is 5.33. The first kappa shape index (κ1) is 15.1. The van der Waals surface area contributed by atoms with Crippen LogP contribution in [0.3, 0.4) is 0 Å². The van der Waals surface area contributed by atoms with Crippen molar-refractivity contribution in [3.05, 3.63) is 40.0 Å². The van der Waals surface area contributed by atoms with Gasteiger partial charge in [0, 0.05) is 11.6 Å². The number of benzene rings is 1. The average Bonchev–Trinajstić information content (AvgIpc) is 2.43. The van der Waals surface area contributed by atoms with Gasteiger partial charge in [-0.05, 0) is 18.6 Å². The van der Waals surface area contributed by atoms with E-state index in [1.165, 1.54) is 6.20 Å². The minimum absolute atomic E-state index is 0.303. The highest BCUT2D eigenvalue weighted by Gasteiger charge is 2.17. The predicted molar refractivity (Wildman–Crippen MR) is 81.6 cm³/mol. The predicted octanol–water partition coefficient (Wildman–Crippen LogP) is 4.89. The van der Waals surface area contributed by atoms with Crippen molar-refractivity contribution in [3.8, 4) is 0 Å². The minimum atomic E-state index is -0.438. The van der Waals surface area contributed by atoms with Crippen LogP contribution in [0.25, 0.3) is 10.9 Å². The van der Waals surface area contributed by atoms with Crippen molar-refractivity contribution in [2.45, 2.75) is 26.2 Å². The highest BCUT2D eigenvalue weighted by Crippen LogP contribution is 2.27. The lowest BCUT2D eigenvalue weighted by molar-refractivity contribution is 0.0500. The zero-order valence-corrected chi connectivity index (χ0v) is 12.7. The minimum Gasteiger partial charge on any atom is -0.462 e. The van der Waals surface area contributed by atoms with E-state index in [0.717, 1.165) is 24.6 Å². The Morgan fingerprint density at radius 3 is 2.85 bits per heavy atom. The summed E-state index contributed by atoms with van der Waals surface area (Å²) in [4.78, 5) is 16.3. The number of pyridine rings is 1. The molecule has 2 rings (SSSR count). The van der Waals surface area contributed by atoms with Crippen molar-refractivity contribution in [2.75, 3.05) is 6.61 Å². The average molecular weight is 312 g/mol. The van der Waals surface area contributed by atoms with Crippen molar-refractivity contribution in [3.63, 3.8) is 0 Å². The van der Waals surface area contributed by atoms with Crippen LogP contribution in [0.4, 0.5) is 0 Å². The van der Waals surface area contributed by atoms with Crippen molar-refractivity contribution >= 4 is 40.1 Å². The molecule has 0 aliphatic heterocycles. The maximum atomic E-state index is 12.1. The second kappa shape index (κ2) is 6.91. The summed E-state index contributed by atoms with van der Waals surface area (Å²) in [6.07, 6.45) is 4.45. The Morgan fingerprint density at radius 2 is 2.10 bits per heavy atom. The van der Waals surface area contributed by atoms with Crippen LogP contribution in [0.1, 0.15) is 36.5 Å². The van der Waals surface area contributed by atoms with Gasteiger partial charge in [-0.15, -0.1) is 0 Å². The first-order chi connectivity index (χ1) is 9.63. The lowest BCUT2D eigenvalue weighted by Gasteiger charge is -2.08. The summed E-state index contributed by atoms with van der Waals surface area (Å²) in [5, 5.41) is 1.62. The molecule has 3 nitrogen and oxygen atoms in total. The van der Waals surface area contributed by atoms with Crippen LogP contribution in [0.15, 0.2) is 24.4 Å². The Kier molecular flexibility index (Phi) is 5.21. The molecule has 0 unspecified atom stereocenters. The molecule has 106 valence electrons. The van der Waals surface area contributed by atoms with Crippen molar-refractivity contribution < 1.29 is 9.53 Å². The molecule has 1 heterocycles. The standard InChI is InChI=1S/C15H15Cl2NO2/c1-2-3-4-7-20-15(19)13-12(17)6-5-10-8-11(16)9-18-14(10)13/h5-6,8-9H,2-4,7H2,1H3. The number of ether oxygens (including phenoxy) is 1. The Balaban J connectivity index is 2.28. The number of esters is 1. The molecule has 0 saturated heterocycles. The van der Waals surface area contributed by atoms with Crippen LogP contribution < -0.4 is 0 Å². The van der Waals surface area contributed by atoms with Gasteiger partial charge in [0.25, 0.3) is 0 Å². The molecule has 1 aromatic carbocycles. The molecule has 0 amide bonds. The van der Waals surface area contributed by atoms with Crippen LogP contribution in [0.5, 0.6) is 0 Å². The van der Waals surface area contributed by atoms with Gasteiger partial charge in [-0.3, -0.25) is 4.98 Å². The summed E-state index contributed by atoms with van der Waals surface area (Å²) in [5.41, 5.74) is 0.819. The molecule has 0 aliphatic rings. The molecule has 2 aromatic rings. The van der Waals surface area contributed by atoms with Crippen LogP contribution >= 0.6 is 23.2 Å². The lowest BCUT2D eigenvalue weighted by Crippen LogP contribution is -2.08. The number of nitrogens with zero attached hydrogens (tertiary/aromatic N) is 1. The van der Waals surface area contributed by atoms with Gasteiger partial charge in [0.15, 0.2) is 0 Å². The molecule has 20 heavy (non-hydrogen) atoms. The largest absolute Gasteiger partial charge is 0.462 e. The van der Waals surface area contributed by atoms with Crippen LogP contribution in [-0.4, -0.2) is 17.6 Å². The Bertz CT molecular complexity index is 629. The van der Waals surface area contributed by atoms with Crippen molar-refractivity contribution in [2.24, 2.45) is 0 Å². The number of halogens is 2. The number of fused-ring (bicyclic) bond motifs is 1. The highest BCUT2D eigenvalue weighted by molar-refractivity contribution is 6.35. The number of hydrogen-bond acceptors (Lipinski definition) is 3. The Labute approximate surface area is 127 Å². The fraction of sp³-hybridized carbons (Fsp3) is 0.333. The molecule has 0 atom stereocenters. The normalized spacial score (nSPS) is 10.8. The van der Waals surface area contributed by atoms with Crippen LogP contribution in [0, 0.1) is 0 Å². The summed E-state index contributed by atoms with van der Waals surface area (Å²) in [6, 6.07) is 5.18. The van der Waals surface area contributed by atoms with Gasteiger partial charge in [-0.1, -0.05) is 49.0 Å². The summed E-state index contributed by atoms with van der Waals surface area (Å²) < 4.78 is 5.25. The maximum absolute atomic E-state index is 12.1. The molecule has 0 fully saturated rings. The fourth-order valence-electron chi connectivity index (χ4n) is 1.93. The van der Waals surface area contributed by atoms with E-state index in [4.69, 9.17) is 27.9 Å². The number of carbonyl (C=O) groups is 1. The van der Waals surface area contributed by atoms with Gasteiger partial charge in [-0.25, -0.2) is 4.79 Å². The Morgan fingerprint density at radius 1 is 1.30 bits per heavy atom. The van der Waals surface area contributed by atoms with E-state index in [2.05, 4.69) is 11.9 Å². The van der Waals surface area contributed by atoms with E-state index in [1.807, 2.05) is 0 Å². The highest BCUT2D eigenvalue weighted by atomic mass is 35.5. The van der Waals surface area contributed by atoms with E-state index in [-0.39, 0.29) is 0 Å². The second-order valence-electron chi connectivity index (χ2n) is 4.49. The molecule has 0 aliphatic carbocycles. The molecule has 0 radical (unpaired) electrons. The third-order valence-electron chi connectivity index (χ3n) is 2.95. The number of hydrogen-bond donors (Lipinski definition) is 0. The van der Waals surface area contributed by atoms with E-state index >= 15 is 0 Å². The molecular formula is C15H15Cl2NO2. The first-order valence-corrected chi connectivity index (χ1v) is 7.30. The summed E-state index contributed by atoms with van der Waals surface area (Å²) in [6.45, 7) is 2.49. The molecule has 1 aromatic heterocycles. The monoisotopic (exact) mass is 311 g/mol. The van der Waals surface area contributed by atoms with E-state index in [1.54, 1.807) is 18.2 Å². The van der Waals surface area contributed by atoms with E-state index in [9.17, 15) is 4.79 Å². The van der Waals surface area contributed by atoms with Gasteiger partial charge >= 0.3 is 5.97 Å². The SMILES string of the molecule is CCCCCOC(=O)c1c(Cl)ccc2cc(Cl)cnc12. The third kappa shape index (κ3) is 3.41. The summed E-state index contributed by atoms with van der Waals surface area (Å²) >= 11 is 12.0. The summed E-state index contributed by atoms with van der Waals surface area (Å²) in [7, 11) is 0. The number of rotatable bonds is 5.